The van der Waals surface area contributed by atoms with Crippen molar-refractivity contribution in [2.45, 2.75) is 44.9 Å². The fourth-order valence-corrected chi connectivity index (χ4v) is 1.40. The third-order valence-electron chi connectivity index (χ3n) is 2.18. The third kappa shape index (κ3) is 4.80. The van der Waals surface area contributed by atoms with Crippen molar-refractivity contribution in [3.05, 3.63) is 12.2 Å². The first-order valence-electron chi connectivity index (χ1n) is 5.17. The van der Waals surface area contributed by atoms with E-state index < -0.39 is 5.97 Å². The predicted molar refractivity (Wildman–Crippen MR) is 52.6 cm³/mol. The molecule has 0 unspecified atom stereocenters. The Labute approximate surface area is 84.1 Å². The van der Waals surface area contributed by atoms with Gasteiger partial charge in [-0.3, -0.25) is 9.59 Å². The molecule has 0 amide bonds. The molecule has 1 heterocycles. The van der Waals surface area contributed by atoms with Crippen LogP contribution in [-0.4, -0.2) is 11.9 Å². The number of rotatable bonds is 0. The Kier molecular flexibility index (Phi) is 4.97. The summed E-state index contributed by atoms with van der Waals surface area (Å²) < 4.78 is 4.59. The molecule has 0 aromatic rings. The fraction of sp³-hybridized carbons (Fsp3) is 0.636. The van der Waals surface area contributed by atoms with Gasteiger partial charge in [0.2, 0.25) is 0 Å². The minimum atomic E-state index is -0.438. The first-order valence-corrected chi connectivity index (χ1v) is 5.17. The zero-order valence-electron chi connectivity index (χ0n) is 8.33. The Morgan fingerprint density at radius 2 is 1.71 bits per heavy atom. The van der Waals surface area contributed by atoms with Crippen molar-refractivity contribution in [1.29, 1.82) is 0 Å². The van der Waals surface area contributed by atoms with Crippen LogP contribution in [0.2, 0.25) is 0 Å². The van der Waals surface area contributed by atoms with E-state index in [0.717, 1.165) is 32.1 Å². The summed E-state index contributed by atoms with van der Waals surface area (Å²) >= 11 is 0. The molecule has 0 atom stereocenters. The van der Waals surface area contributed by atoms with Crippen LogP contribution >= 0.6 is 0 Å². The SMILES string of the molecule is O=C1CC=CCCCCCCC(=O)O1. The van der Waals surface area contributed by atoms with E-state index in [1.54, 1.807) is 6.08 Å². The predicted octanol–water partition coefficient (Wildman–Crippen LogP) is 2.36. The zero-order valence-corrected chi connectivity index (χ0v) is 8.33. The van der Waals surface area contributed by atoms with Gasteiger partial charge in [0.15, 0.2) is 0 Å². The lowest BCUT2D eigenvalue weighted by molar-refractivity contribution is -0.159. The lowest BCUT2D eigenvalue weighted by Crippen LogP contribution is -2.11. The number of cyclic esters (lactones) is 2. The lowest BCUT2D eigenvalue weighted by Gasteiger charge is -2.03. The van der Waals surface area contributed by atoms with Gasteiger partial charge in [-0.2, -0.15) is 0 Å². The van der Waals surface area contributed by atoms with Gasteiger partial charge in [0.1, 0.15) is 0 Å². The number of hydrogen-bond acceptors (Lipinski definition) is 3. The molecule has 1 aliphatic rings. The average molecular weight is 196 g/mol. The van der Waals surface area contributed by atoms with Crippen LogP contribution in [0, 0.1) is 0 Å². The Morgan fingerprint density at radius 1 is 0.929 bits per heavy atom. The Bertz CT molecular complexity index is 231. The minimum Gasteiger partial charge on any atom is -0.393 e. The second kappa shape index (κ2) is 6.35. The van der Waals surface area contributed by atoms with Gasteiger partial charge in [0, 0.05) is 6.42 Å². The number of ether oxygens (including phenoxy) is 1. The molecule has 0 aromatic heterocycles. The van der Waals surface area contributed by atoms with Gasteiger partial charge in [-0.05, 0) is 19.3 Å². The molecule has 0 saturated heterocycles. The normalized spacial score (nSPS) is 20.9. The first-order chi connectivity index (χ1) is 6.79. The van der Waals surface area contributed by atoms with Crippen LogP contribution in [0.25, 0.3) is 0 Å². The van der Waals surface area contributed by atoms with Crippen LogP contribution in [0.1, 0.15) is 44.9 Å². The van der Waals surface area contributed by atoms with Crippen molar-refractivity contribution in [3.63, 3.8) is 0 Å². The summed E-state index contributed by atoms with van der Waals surface area (Å²) in [4.78, 5) is 22.1. The molecule has 1 rings (SSSR count). The molecule has 3 heteroatoms. The molecule has 0 radical (unpaired) electrons. The number of carbonyl (C=O) groups excluding carboxylic acids is 2. The Balaban J connectivity index is 2.40. The molecule has 0 spiro atoms. The summed E-state index contributed by atoms with van der Waals surface area (Å²) in [7, 11) is 0. The molecule has 3 nitrogen and oxygen atoms in total. The van der Waals surface area contributed by atoms with Crippen LogP contribution in [0.4, 0.5) is 0 Å². The summed E-state index contributed by atoms with van der Waals surface area (Å²) in [5, 5.41) is 0. The van der Waals surface area contributed by atoms with Crippen molar-refractivity contribution < 1.29 is 14.3 Å². The van der Waals surface area contributed by atoms with E-state index in [1.807, 2.05) is 6.08 Å². The fourth-order valence-electron chi connectivity index (χ4n) is 1.40. The maximum absolute atomic E-state index is 11.0. The van der Waals surface area contributed by atoms with E-state index >= 15 is 0 Å². The van der Waals surface area contributed by atoms with Crippen molar-refractivity contribution in [2.75, 3.05) is 0 Å². The van der Waals surface area contributed by atoms with E-state index in [2.05, 4.69) is 4.74 Å². The highest BCUT2D eigenvalue weighted by atomic mass is 16.6. The molecule has 0 aliphatic carbocycles. The van der Waals surface area contributed by atoms with Gasteiger partial charge >= 0.3 is 11.9 Å². The van der Waals surface area contributed by atoms with Gasteiger partial charge < -0.3 is 4.74 Å². The second-order valence-corrected chi connectivity index (χ2v) is 3.47. The third-order valence-corrected chi connectivity index (χ3v) is 2.18. The highest BCUT2D eigenvalue weighted by Gasteiger charge is 2.08. The highest BCUT2D eigenvalue weighted by molar-refractivity contribution is 5.86. The standard InChI is InChI=1S/C11H16O3/c12-10-8-6-4-2-1-3-5-7-9-11(13)14-10/h4,6H,1-3,5,7-9H2. The summed E-state index contributed by atoms with van der Waals surface area (Å²) in [5.41, 5.74) is 0. The molecular formula is C11H16O3. The van der Waals surface area contributed by atoms with Gasteiger partial charge in [0.25, 0.3) is 0 Å². The molecule has 0 fully saturated rings. The van der Waals surface area contributed by atoms with Crippen molar-refractivity contribution >= 4 is 11.9 Å². The van der Waals surface area contributed by atoms with Gasteiger partial charge in [-0.1, -0.05) is 25.0 Å². The second-order valence-electron chi connectivity index (χ2n) is 3.47. The topological polar surface area (TPSA) is 43.4 Å². The number of hydrogen-bond donors (Lipinski definition) is 0. The number of allylic oxidation sites excluding steroid dienone is 1. The van der Waals surface area contributed by atoms with Crippen molar-refractivity contribution in [1.82, 2.24) is 0 Å². The lowest BCUT2D eigenvalue weighted by atomic mass is 10.1. The minimum absolute atomic E-state index is 0.214. The van der Waals surface area contributed by atoms with E-state index in [-0.39, 0.29) is 12.4 Å². The molecule has 0 saturated carbocycles. The highest BCUT2D eigenvalue weighted by Crippen LogP contribution is 2.08. The smallest absolute Gasteiger partial charge is 0.317 e. The summed E-state index contributed by atoms with van der Waals surface area (Å²) in [5.74, 6) is -0.823. The van der Waals surface area contributed by atoms with Crippen LogP contribution in [0.5, 0.6) is 0 Å². The van der Waals surface area contributed by atoms with Crippen LogP contribution in [0.3, 0.4) is 0 Å². The molecule has 0 bridgehead atoms. The van der Waals surface area contributed by atoms with Crippen molar-refractivity contribution in [2.24, 2.45) is 0 Å². The molecule has 1 aliphatic heterocycles. The quantitative estimate of drug-likeness (QED) is 0.339. The average Bonchev–Trinajstić information content (AvgIpc) is 2.13. The largest absolute Gasteiger partial charge is 0.393 e. The number of esters is 2. The van der Waals surface area contributed by atoms with Gasteiger partial charge in [0.05, 0.1) is 6.42 Å². The van der Waals surface area contributed by atoms with Crippen LogP contribution < -0.4 is 0 Å². The van der Waals surface area contributed by atoms with Gasteiger partial charge in [-0.25, -0.2) is 0 Å². The summed E-state index contributed by atoms with van der Waals surface area (Å²) in [6.07, 6.45) is 9.51. The van der Waals surface area contributed by atoms with E-state index in [1.165, 1.54) is 0 Å². The molecule has 0 N–H and O–H groups in total. The van der Waals surface area contributed by atoms with E-state index in [9.17, 15) is 9.59 Å². The molecule has 14 heavy (non-hydrogen) atoms. The zero-order chi connectivity index (χ0) is 10.2. The maximum atomic E-state index is 11.0. The summed E-state index contributed by atoms with van der Waals surface area (Å²) in [6.45, 7) is 0. The molecule has 78 valence electrons. The van der Waals surface area contributed by atoms with Crippen LogP contribution in [0.15, 0.2) is 12.2 Å². The van der Waals surface area contributed by atoms with Crippen molar-refractivity contribution in [3.8, 4) is 0 Å². The van der Waals surface area contributed by atoms with E-state index in [0.29, 0.717) is 6.42 Å². The van der Waals surface area contributed by atoms with E-state index in [4.69, 9.17) is 0 Å². The Morgan fingerprint density at radius 3 is 2.57 bits per heavy atom. The van der Waals surface area contributed by atoms with Crippen LogP contribution in [-0.2, 0) is 14.3 Å². The monoisotopic (exact) mass is 196 g/mol. The molecular weight excluding hydrogens is 180 g/mol. The van der Waals surface area contributed by atoms with Gasteiger partial charge in [-0.15, -0.1) is 0 Å². The maximum Gasteiger partial charge on any atom is 0.317 e. The molecule has 0 aromatic carbocycles. The summed E-state index contributed by atoms with van der Waals surface area (Å²) in [6, 6.07) is 0. The Hall–Kier alpha value is -1.12. The number of carbonyl (C=O) groups is 2. The first kappa shape index (κ1) is 11.0.